The molecule has 0 spiro atoms. The molecule has 0 bridgehead atoms. The number of hydrogen-bond donors (Lipinski definition) is 3. The summed E-state index contributed by atoms with van der Waals surface area (Å²) in [5.41, 5.74) is 11.4. The largest absolute Gasteiger partial charge is 0.317 e. The lowest BCUT2D eigenvalue weighted by molar-refractivity contribution is 0.166. The molecule has 0 saturated heterocycles. The average Bonchev–Trinajstić information content (AvgIpc) is 1.95. The lowest BCUT2D eigenvalue weighted by Crippen LogP contribution is -2.62. The summed E-state index contributed by atoms with van der Waals surface area (Å²) in [5.74, 6) is 0.376. The third-order valence-electron chi connectivity index (χ3n) is 2.95. The molecule has 11 heavy (non-hydrogen) atoms. The van der Waals surface area contributed by atoms with Crippen LogP contribution in [0.5, 0.6) is 0 Å². The van der Waals surface area contributed by atoms with Crippen molar-refractivity contribution in [3.05, 3.63) is 0 Å². The molecule has 3 heteroatoms. The number of rotatable bonds is 1. The second-order valence-electron chi connectivity index (χ2n) is 3.69. The summed E-state index contributed by atoms with van der Waals surface area (Å²) >= 11 is 0. The highest BCUT2D eigenvalue weighted by atomic mass is 15.0. The number of nitrogens with two attached hydrogens (primary N) is 2. The first-order valence-electron chi connectivity index (χ1n) is 4.33. The molecule has 0 aromatic heterocycles. The van der Waals surface area contributed by atoms with Crippen LogP contribution in [0.4, 0.5) is 0 Å². The summed E-state index contributed by atoms with van der Waals surface area (Å²) < 4.78 is 0. The molecule has 1 fully saturated rings. The Bertz CT molecular complexity index is 133. The lowest BCUT2D eigenvalue weighted by Gasteiger charge is -2.41. The van der Waals surface area contributed by atoms with Gasteiger partial charge in [-0.05, 0) is 26.3 Å². The first-order valence-corrected chi connectivity index (χ1v) is 4.33. The van der Waals surface area contributed by atoms with Crippen molar-refractivity contribution in [3.63, 3.8) is 0 Å². The Kier molecular flexibility index (Phi) is 2.52. The molecular weight excluding hydrogens is 138 g/mol. The zero-order valence-electron chi connectivity index (χ0n) is 7.43. The Morgan fingerprint density at radius 3 is 2.55 bits per heavy atom. The molecule has 1 aliphatic rings. The highest BCUT2D eigenvalue weighted by Gasteiger charge is 2.35. The Balaban J connectivity index is 2.60. The maximum Gasteiger partial charge on any atom is 0.0677 e. The van der Waals surface area contributed by atoms with E-state index in [1.165, 1.54) is 6.42 Å². The van der Waals surface area contributed by atoms with Crippen molar-refractivity contribution in [2.45, 2.75) is 37.9 Å². The summed E-state index contributed by atoms with van der Waals surface area (Å²) in [4.78, 5) is 0. The van der Waals surface area contributed by atoms with Crippen molar-refractivity contribution >= 4 is 0 Å². The zero-order valence-corrected chi connectivity index (χ0v) is 7.43. The normalized spacial score (nSPS) is 37.1. The molecule has 3 nitrogen and oxygen atoms in total. The second-order valence-corrected chi connectivity index (χ2v) is 3.69. The zero-order chi connectivity index (χ0) is 8.48. The molecule has 66 valence electrons. The SMILES string of the molecule is CNC1CCCC(N)(N)C1C. The van der Waals surface area contributed by atoms with E-state index in [4.69, 9.17) is 11.5 Å². The average molecular weight is 157 g/mol. The van der Waals surface area contributed by atoms with Gasteiger partial charge < -0.3 is 16.8 Å². The Morgan fingerprint density at radius 1 is 1.45 bits per heavy atom. The Morgan fingerprint density at radius 2 is 2.09 bits per heavy atom. The van der Waals surface area contributed by atoms with Crippen molar-refractivity contribution in [2.75, 3.05) is 7.05 Å². The van der Waals surface area contributed by atoms with Crippen molar-refractivity contribution in [3.8, 4) is 0 Å². The van der Waals surface area contributed by atoms with E-state index in [9.17, 15) is 0 Å². The monoisotopic (exact) mass is 157 g/mol. The molecule has 2 unspecified atom stereocenters. The molecule has 5 N–H and O–H groups in total. The van der Waals surface area contributed by atoms with Crippen LogP contribution in [-0.2, 0) is 0 Å². The van der Waals surface area contributed by atoms with Crippen molar-refractivity contribution in [1.29, 1.82) is 0 Å². The summed E-state index contributed by atoms with van der Waals surface area (Å²) in [6.45, 7) is 2.13. The first kappa shape index (κ1) is 8.97. The molecular formula is C8H19N3. The third-order valence-corrected chi connectivity index (χ3v) is 2.95. The van der Waals surface area contributed by atoms with Gasteiger partial charge in [0.05, 0.1) is 5.66 Å². The number of nitrogens with one attached hydrogen (secondary N) is 1. The molecule has 0 amide bonds. The van der Waals surface area contributed by atoms with Gasteiger partial charge in [-0.3, -0.25) is 0 Å². The molecule has 0 radical (unpaired) electrons. The fraction of sp³-hybridized carbons (Fsp3) is 1.00. The highest BCUT2D eigenvalue weighted by Crippen LogP contribution is 2.27. The Hall–Kier alpha value is -0.120. The fourth-order valence-electron chi connectivity index (χ4n) is 1.87. The van der Waals surface area contributed by atoms with Gasteiger partial charge in [-0.2, -0.15) is 0 Å². The van der Waals surface area contributed by atoms with Gasteiger partial charge in [0.15, 0.2) is 0 Å². The van der Waals surface area contributed by atoms with Crippen molar-refractivity contribution in [2.24, 2.45) is 17.4 Å². The van der Waals surface area contributed by atoms with Crippen LogP contribution in [0.2, 0.25) is 0 Å². The molecule has 2 atom stereocenters. The number of hydrogen-bond acceptors (Lipinski definition) is 3. The summed E-state index contributed by atoms with van der Waals surface area (Å²) in [7, 11) is 1.97. The minimum atomic E-state index is -0.452. The molecule has 0 aliphatic heterocycles. The predicted octanol–water partition coefficient (Wildman–Crippen LogP) is 0.00810. The van der Waals surface area contributed by atoms with Gasteiger partial charge in [0.1, 0.15) is 0 Å². The maximum absolute atomic E-state index is 5.93. The van der Waals surface area contributed by atoms with E-state index in [0.717, 1.165) is 12.8 Å². The van der Waals surface area contributed by atoms with E-state index < -0.39 is 5.66 Å². The van der Waals surface area contributed by atoms with Crippen LogP contribution in [-0.4, -0.2) is 18.8 Å². The van der Waals surface area contributed by atoms with E-state index in [1.54, 1.807) is 0 Å². The van der Waals surface area contributed by atoms with Gasteiger partial charge in [0, 0.05) is 12.0 Å². The third kappa shape index (κ3) is 1.72. The summed E-state index contributed by atoms with van der Waals surface area (Å²) in [5, 5.41) is 3.25. The Labute approximate surface area is 68.5 Å². The van der Waals surface area contributed by atoms with Crippen molar-refractivity contribution < 1.29 is 0 Å². The topological polar surface area (TPSA) is 64.1 Å². The standard InChI is InChI=1S/C8H19N3/c1-6-7(11-2)4-3-5-8(6,9)10/h6-7,11H,3-5,9-10H2,1-2H3. The van der Waals surface area contributed by atoms with E-state index >= 15 is 0 Å². The fourth-order valence-corrected chi connectivity index (χ4v) is 1.87. The van der Waals surface area contributed by atoms with E-state index in [1.807, 2.05) is 7.05 Å². The van der Waals surface area contributed by atoms with Gasteiger partial charge >= 0.3 is 0 Å². The van der Waals surface area contributed by atoms with E-state index in [2.05, 4.69) is 12.2 Å². The smallest absolute Gasteiger partial charge is 0.0677 e. The van der Waals surface area contributed by atoms with Crippen molar-refractivity contribution in [1.82, 2.24) is 5.32 Å². The molecule has 1 rings (SSSR count). The van der Waals surface area contributed by atoms with Crippen LogP contribution in [0.3, 0.4) is 0 Å². The summed E-state index contributed by atoms with van der Waals surface area (Å²) in [6, 6.07) is 0.499. The predicted molar refractivity (Wildman–Crippen MR) is 47.0 cm³/mol. The van der Waals surface area contributed by atoms with Crippen LogP contribution in [0.25, 0.3) is 0 Å². The molecule has 0 aromatic carbocycles. The molecule has 0 aromatic rings. The molecule has 1 aliphatic carbocycles. The molecule has 0 heterocycles. The van der Waals surface area contributed by atoms with Crippen LogP contribution < -0.4 is 16.8 Å². The maximum atomic E-state index is 5.93. The molecule has 1 saturated carbocycles. The quantitative estimate of drug-likeness (QED) is 0.470. The minimum Gasteiger partial charge on any atom is -0.317 e. The highest BCUT2D eigenvalue weighted by molar-refractivity contribution is 4.93. The van der Waals surface area contributed by atoms with Gasteiger partial charge in [-0.1, -0.05) is 6.92 Å². The lowest BCUT2D eigenvalue weighted by atomic mass is 9.77. The van der Waals surface area contributed by atoms with E-state index in [-0.39, 0.29) is 0 Å². The van der Waals surface area contributed by atoms with Crippen LogP contribution >= 0.6 is 0 Å². The van der Waals surface area contributed by atoms with Gasteiger partial charge in [-0.25, -0.2) is 0 Å². The second kappa shape index (κ2) is 3.09. The van der Waals surface area contributed by atoms with Gasteiger partial charge in [-0.15, -0.1) is 0 Å². The van der Waals surface area contributed by atoms with Gasteiger partial charge in [0.25, 0.3) is 0 Å². The first-order chi connectivity index (χ1) is 5.08. The van der Waals surface area contributed by atoms with Crippen LogP contribution in [0.15, 0.2) is 0 Å². The minimum absolute atomic E-state index is 0.376. The van der Waals surface area contributed by atoms with Crippen LogP contribution in [0.1, 0.15) is 26.2 Å². The van der Waals surface area contributed by atoms with Gasteiger partial charge in [0.2, 0.25) is 0 Å². The van der Waals surface area contributed by atoms with E-state index in [0.29, 0.717) is 12.0 Å². The van der Waals surface area contributed by atoms with Crippen LogP contribution in [0, 0.1) is 5.92 Å². The summed E-state index contributed by atoms with van der Waals surface area (Å²) in [6.07, 6.45) is 3.29.